The van der Waals surface area contributed by atoms with Gasteiger partial charge in [0.15, 0.2) is 0 Å². The average Bonchev–Trinajstić information content (AvgIpc) is 2.38. The Morgan fingerprint density at radius 2 is 2.06 bits per heavy atom. The Balaban J connectivity index is 2.31. The van der Waals surface area contributed by atoms with Crippen molar-refractivity contribution in [3.63, 3.8) is 0 Å². The van der Waals surface area contributed by atoms with Gasteiger partial charge in [-0.05, 0) is 18.4 Å². The fourth-order valence-electron chi connectivity index (χ4n) is 1.46. The Hall–Kier alpha value is -1.86. The van der Waals surface area contributed by atoms with Gasteiger partial charge in [-0.1, -0.05) is 30.3 Å². The number of nitrogens with one attached hydrogen (secondary N) is 1. The van der Waals surface area contributed by atoms with Gasteiger partial charge in [-0.3, -0.25) is 4.79 Å². The number of nitrogens with zero attached hydrogens (tertiary/aromatic N) is 1. The molecule has 1 aromatic carbocycles. The molecule has 4 heteroatoms. The molecule has 0 bridgehead atoms. The molecule has 0 heterocycles. The van der Waals surface area contributed by atoms with Crippen LogP contribution in [0.2, 0.25) is 0 Å². The standard InChI is InChI=1S/C13H17N3O/c14-9-5-2-6-10-16-13(17)12(15)11-7-3-1-4-8-11/h1,3-4,7-8,12H,2,5-6,10,15H2,(H,16,17). The number of hydrogen-bond acceptors (Lipinski definition) is 3. The summed E-state index contributed by atoms with van der Waals surface area (Å²) >= 11 is 0. The normalized spacial score (nSPS) is 11.5. The van der Waals surface area contributed by atoms with E-state index in [2.05, 4.69) is 11.4 Å². The summed E-state index contributed by atoms with van der Waals surface area (Å²) in [5, 5.41) is 11.1. The van der Waals surface area contributed by atoms with Crippen molar-refractivity contribution >= 4 is 5.91 Å². The first-order valence-electron chi connectivity index (χ1n) is 5.71. The molecule has 0 aliphatic heterocycles. The van der Waals surface area contributed by atoms with Crippen LogP contribution in [-0.4, -0.2) is 12.5 Å². The van der Waals surface area contributed by atoms with E-state index in [0.29, 0.717) is 13.0 Å². The van der Waals surface area contributed by atoms with Crippen molar-refractivity contribution in [1.82, 2.24) is 5.32 Å². The molecule has 0 fully saturated rings. The summed E-state index contributed by atoms with van der Waals surface area (Å²) in [5.41, 5.74) is 6.62. The van der Waals surface area contributed by atoms with Crippen molar-refractivity contribution < 1.29 is 4.79 Å². The first-order chi connectivity index (χ1) is 8.25. The van der Waals surface area contributed by atoms with E-state index in [1.165, 1.54) is 0 Å². The van der Waals surface area contributed by atoms with Gasteiger partial charge in [-0.25, -0.2) is 0 Å². The zero-order valence-corrected chi connectivity index (χ0v) is 9.73. The van der Waals surface area contributed by atoms with E-state index in [4.69, 9.17) is 11.0 Å². The second-order valence-corrected chi connectivity index (χ2v) is 3.79. The second-order valence-electron chi connectivity index (χ2n) is 3.79. The lowest BCUT2D eigenvalue weighted by Gasteiger charge is -2.12. The molecule has 1 unspecified atom stereocenters. The largest absolute Gasteiger partial charge is 0.354 e. The van der Waals surface area contributed by atoms with Crippen LogP contribution >= 0.6 is 0 Å². The molecule has 0 aliphatic carbocycles. The maximum absolute atomic E-state index is 11.7. The van der Waals surface area contributed by atoms with Gasteiger partial charge >= 0.3 is 0 Å². The molecule has 0 aliphatic rings. The van der Waals surface area contributed by atoms with E-state index >= 15 is 0 Å². The minimum Gasteiger partial charge on any atom is -0.354 e. The monoisotopic (exact) mass is 231 g/mol. The topological polar surface area (TPSA) is 78.9 Å². The predicted molar refractivity (Wildman–Crippen MR) is 65.8 cm³/mol. The van der Waals surface area contributed by atoms with Gasteiger partial charge in [-0.2, -0.15) is 5.26 Å². The molecule has 0 aromatic heterocycles. The van der Waals surface area contributed by atoms with Crippen LogP contribution in [0.5, 0.6) is 0 Å². The van der Waals surface area contributed by atoms with Crippen LogP contribution in [0.25, 0.3) is 0 Å². The molecule has 0 saturated heterocycles. The number of carbonyl (C=O) groups is 1. The molecule has 1 aromatic rings. The quantitative estimate of drug-likeness (QED) is 0.728. The maximum atomic E-state index is 11.7. The number of nitriles is 1. The van der Waals surface area contributed by atoms with Gasteiger partial charge in [0.1, 0.15) is 6.04 Å². The zero-order chi connectivity index (χ0) is 12.5. The molecular weight excluding hydrogens is 214 g/mol. The highest BCUT2D eigenvalue weighted by atomic mass is 16.2. The molecule has 1 rings (SSSR count). The summed E-state index contributed by atoms with van der Waals surface area (Å²) < 4.78 is 0. The van der Waals surface area contributed by atoms with Gasteiger partial charge < -0.3 is 11.1 Å². The second kappa shape index (κ2) is 7.42. The number of benzene rings is 1. The van der Waals surface area contributed by atoms with Gasteiger partial charge in [0.2, 0.25) is 5.91 Å². The van der Waals surface area contributed by atoms with Crippen LogP contribution in [0.1, 0.15) is 30.9 Å². The van der Waals surface area contributed by atoms with Crippen LogP contribution < -0.4 is 11.1 Å². The van der Waals surface area contributed by atoms with E-state index in [1.807, 2.05) is 30.3 Å². The third-order valence-electron chi connectivity index (χ3n) is 2.46. The molecule has 0 saturated carbocycles. The fraction of sp³-hybridized carbons (Fsp3) is 0.385. The SMILES string of the molecule is N#CCCCCNC(=O)C(N)c1ccccc1. The Bertz CT molecular complexity index is 383. The highest BCUT2D eigenvalue weighted by Crippen LogP contribution is 2.09. The summed E-state index contributed by atoms with van der Waals surface area (Å²) in [6, 6.07) is 10.7. The van der Waals surface area contributed by atoms with Crippen LogP contribution in [0.4, 0.5) is 0 Å². The lowest BCUT2D eigenvalue weighted by Crippen LogP contribution is -2.34. The Labute approximate surface area is 101 Å². The first kappa shape index (κ1) is 13.2. The van der Waals surface area contributed by atoms with E-state index in [9.17, 15) is 4.79 Å². The molecule has 1 amide bonds. The maximum Gasteiger partial charge on any atom is 0.241 e. The van der Waals surface area contributed by atoms with E-state index in [-0.39, 0.29) is 5.91 Å². The molecule has 1 atom stereocenters. The van der Waals surface area contributed by atoms with Crippen molar-refractivity contribution in [2.75, 3.05) is 6.54 Å². The smallest absolute Gasteiger partial charge is 0.241 e. The minimum atomic E-state index is -0.618. The van der Waals surface area contributed by atoms with Gasteiger partial charge in [0.05, 0.1) is 6.07 Å². The lowest BCUT2D eigenvalue weighted by molar-refractivity contribution is -0.122. The number of rotatable bonds is 6. The average molecular weight is 231 g/mol. The summed E-state index contributed by atoms with van der Waals surface area (Å²) in [6.07, 6.45) is 2.14. The van der Waals surface area contributed by atoms with Crippen molar-refractivity contribution in [2.45, 2.75) is 25.3 Å². The summed E-state index contributed by atoms with van der Waals surface area (Å²) in [7, 11) is 0. The fourth-order valence-corrected chi connectivity index (χ4v) is 1.46. The predicted octanol–water partition coefficient (Wildman–Crippen LogP) is 1.50. The van der Waals surface area contributed by atoms with Crippen LogP contribution in [0, 0.1) is 11.3 Å². The van der Waals surface area contributed by atoms with E-state index in [0.717, 1.165) is 18.4 Å². The molecule has 17 heavy (non-hydrogen) atoms. The van der Waals surface area contributed by atoms with Gasteiger partial charge in [-0.15, -0.1) is 0 Å². The van der Waals surface area contributed by atoms with Crippen LogP contribution in [0.3, 0.4) is 0 Å². The number of amides is 1. The number of unbranched alkanes of at least 4 members (excludes halogenated alkanes) is 2. The van der Waals surface area contributed by atoms with E-state index in [1.54, 1.807) is 0 Å². The number of hydrogen-bond donors (Lipinski definition) is 2. The number of carbonyl (C=O) groups excluding carboxylic acids is 1. The lowest BCUT2D eigenvalue weighted by atomic mass is 10.1. The van der Waals surface area contributed by atoms with Gasteiger partial charge in [0, 0.05) is 13.0 Å². The molecule has 0 spiro atoms. The van der Waals surface area contributed by atoms with Crippen molar-refractivity contribution in [3.05, 3.63) is 35.9 Å². The summed E-state index contributed by atoms with van der Waals surface area (Å²) in [4.78, 5) is 11.7. The molecule has 3 N–H and O–H groups in total. The zero-order valence-electron chi connectivity index (χ0n) is 9.73. The number of nitrogens with two attached hydrogens (primary N) is 1. The van der Waals surface area contributed by atoms with Crippen LogP contribution in [-0.2, 0) is 4.79 Å². The summed E-state index contributed by atoms with van der Waals surface area (Å²) in [5.74, 6) is -0.173. The molecule has 90 valence electrons. The molecular formula is C13H17N3O. The van der Waals surface area contributed by atoms with Crippen molar-refractivity contribution in [1.29, 1.82) is 5.26 Å². The highest BCUT2D eigenvalue weighted by molar-refractivity contribution is 5.82. The Kier molecular flexibility index (Phi) is 5.76. The minimum absolute atomic E-state index is 0.173. The summed E-state index contributed by atoms with van der Waals surface area (Å²) in [6.45, 7) is 0.570. The van der Waals surface area contributed by atoms with Crippen molar-refractivity contribution in [3.8, 4) is 6.07 Å². The van der Waals surface area contributed by atoms with E-state index < -0.39 is 6.04 Å². The first-order valence-corrected chi connectivity index (χ1v) is 5.71. The third kappa shape index (κ3) is 4.66. The Morgan fingerprint density at radius 3 is 2.71 bits per heavy atom. The third-order valence-corrected chi connectivity index (χ3v) is 2.46. The van der Waals surface area contributed by atoms with Crippen LogP contribution in [0.15, 0.2) is 30.3 Å². The highest BCUT2D eigenvalue weighted by Gasteiger charge is 2.14. The molecule has 0 radical (unpaired) electrons. The Morgan fingerprint density at radius 1 is 1.35 bits per heavy atom. The molecule has 4 nitrogen and oxygen atoms in total. The van der Waals surface area contributed by atoms with Gasteiger partial charge in [0.25, 0.3) is 0 Å². The van der Waals surface area contributed by atoms with Crippen molar-refractivity contribution in [2.24, 2.45) is 5.73 Å².